The number of nitriles is 1. The van der Waals surface area contributed by atoms with E-state index in [4.69, 9.17) is 4.74 Å². The molecule has 2 heterocycles. The quantitative estimate of drug-likeness (QED) is 0.658. The first-order chi connectivity index (χ1) is 12.7. The second kappa shape index (κ2) is 2.57. The number of aliphatic hydroxyl groups is 1. The summed E-state index contributed by atoms with van der Waals surface area (Å²) in [6.45, 7) is 0. The van der Waals surface area contributed by atoms with Gasteiger partial charge < -0.3 is 9.84 Å². The summed E-state index contributed by atoms with van der Waals surface area (Å²) in [5.41, 5.74) is -1.11. The number of fused-ring (bicyclic) bond motifs is 1. The van der Waals surface area contributed by atoms with E-state index in [9.17, 15) is 15.2 Å². The third-order valence-corrected chi connectivity index (χ3v) is 13.7. The number of esters is 1. The summed E-state index contributed by atoms with van der Waals surface area (Å²) in [5, 5.41) is 23.1. The van der Waals surface area contributed by atoms with E-state index in [1.165, 1.54) is 0 Å². The first-order valence-electron chi connectivity index (χ1n) is 11.0. The smallest absolute Gasteiger partial charge is 0.309 e. The summed E-state index contributed by atoms with van der Waals surface area (Å²) >= 11 is 0. The standard InChI is InChI=1S/C22H19NO3/c23-1-21-15-6-2-4-10-8-9-11-5-3(12(2)20(24)26-19(10)11)7(6)16(21)14(5)18(9)22(21,25)17(8)13(4)15/h2-19,25H. The normalized spacial score (nSPS) is 91.9. The summed E-state index contributed by atoms with van der Waals surface area (Å²) < 4.78 is 6.33. The van der Waals surface area contributed by atoms with Crippen LogP contribution in [0.5, 0.6) is 0 Å². The third kappa shape index (κ3) is 0.571. The Morgan fingerprint density at radius 3 is 1.85 bits per heavy atom. The number of hydrogen-bond acceptors (Lipinski definition) is 4. The minimum absolute atomic E-state index is 0.161. The van der Waals surface area contributed by atoms with E-state index in [1.807, 2.05) is 0 Å². The van der Waals surface area contributed by atoms with E-state index in [1.54, 1.807) is 0 Å². The molecule has 0 aromatic carbocycles. The molecule has 10 aliphatic carbocycles. The minimum Gasteiger partial charge on any atom is -0.462 e. The summed E-state index contributed by atoms with van der Waals surface area (Å²) in [6.07, 6.45) is 0.180. The second-order valence-corrected chi connectivity index (χ2v) is 12.3. The number of carbonyl (C=O) groups is 1. The lowest BCUT2D eigenvalue weighted by Crippen LogP contribution is -2.49. The molecule has 0 aromatic rings. The molecule has 10 saturated carbocycles. The van der Waals surface area contributed by atoms with E-state index in [2.05, 4.69) is 6.07 Å². The Morgan fingerprint density at radius 1 is 0.769 bits per heavy atom. The van der Waals surface area contributed by atoms with Gasteiger partial charge in [0.15, 0.2) is 0 Å². The van der Waals surface area contributed by atoms with Crippen molar-refractivity contribution < 1.29 is 14.6 Å². The lowest BCUT2D eigenvalue weighted by molar-refractivity contribution is -0.156. The molecule has 16 unspecified atom stereocenters. The minimum atomic E-state index is -0.675. The Kier molecular flexibility index (Phi) is 1.16. The van der Waals surface area contributed by atoms with Crippen LogP contribution in [-0.4, -0.2) is 22.8 Å². The average Bonchev–Trinajstić information content (AvgIpc) is 3.36. The number of ether oxygens (including phenoxy) is 1. The lowest BCUT2D eigenvalue weighted by atomic mass is 9.66. The van der Waals surface area contributed by atoms with Gasteiger partial charge in [0.05, 0.1) is 23.0 Å². The van der Waals surface area contributed by atoms with Crippen molar-refractivity contribution in [1.29, 1.82) is 5.26 Å². The summed E-state index contributed by atoms with van der Waals surface area (Å²) in [4.78, 5) is 13.3. The molecule has 4 nitrogen and oxygen atoms in total. The van der Waals surface area contributed by atoms with Gasteiger partial charge >= 0.3 is 5.97 Å². The monoisotopic (exact) mass is 345 g/mol. The molecular weight excluding hydrogens is 326 g/mol. The van der Waals surface area contributed by atoms with Crippen LogP contribution in [0, 0.1) is 117 Å². The molecule has 0 amide bonds. The van der Waals surface area contributed by atoms with Crippen LogP contribution in [0.3, 0.4) is 0 Å². The molecular formula is C22H19NO3. The van der Waals surface area contributed by atoms with Gasteiger partial charge in [-0.05, 0) is 82.9 Å². The van der Waals surface area contributed by atoms with Gasteiger partial charge in [0.25, 0.3) is 0 Å². The van der Waals surface area contributed by atoms with E-state index in [0.29, 0.717) is 94.7 Å². The van der Waals surface area contributed by atoms with Crippen molar-refractivity contribution in [2.45, 2.75) is 11.7 Å². The predicted molar refractivity (Wildman–Crippen MR) is 82.2 cm³/mol. The van der Waals surface area contributed by atoms with Crippen LogP contribution in [0.25, 0.3) is 0 Å². The molecule has 2 aliphatic heterocycles. The molecule has 0 aromatic heterocycles. The van der Waals surface area contributed by atoms with Crippen LogP contribution in [0.4, 0.5) is 0 Å². The molecule has 2 saturated heterocycles. The highest BCUT2D eigenvalue weighted by Gasteiger charge is 3.03. The maximum atomic E-state index is 13.3. The fraction of sp³-hybridized carbons (Fsp3) is 0.909. The van der Waals surface area contributed by atoms with Crippen molar-refractivity contribution in [3.63, 3.8) is 0 Å². The van der Waals surface area contributed by atoms with Crippen LogP contribution in [0.1, 0.15) is 0 Å². The van der Waals surface area contributed by atoms with Gasteiger partial charge in [0.1, 0.15) is 6.10 Å². The zero-order valence-electron chi connectivity index (χ0n) is 14.1. The van der Waals surface area contributed by atoms with E-state index in [-0.39, 0.29) is 18.0 Å². The molecule has 26 heavy (non-hydrogen) atoms. The molecule has 130 valence electrons. The molecule has 4 heteroatoms. The Bertz CT molecular complexity index is 942. The Hall–Kier alpha value is -1.08. The molecule has 12 aliphatic rings. The third-order valence-electron chi connectivity index (χ3n) is 13.7. The fourth-order valence-corrected chi connectivity index (χ4v) is 15.1. The van der Waals surface area contributed by atoms with Gasteiger partial charge in [-0.15, -0.1) is 0 Å². The predicted octanol–water partition coefficient (Wildman–Crippen LogP) is 0.764. The topological polar surface area (TPSA) is 70.3 Å². The number of nitrogens with zero attached hydrogens (tertiary/aromatic N) is 1. The van der Waals surface area contributed by atoms with Crippen molar-refractivity contribution in [3.05, 3.63) is 0 Å². The highest BCUT2D eigenvalue weighted by atomic mass is 16.5. The van der Waals surface area contributed by atoms with Crippen molar-refractivity contribution in [2.75, 3.05) is 0 Å². The van der Waals surface area contributed by atoms with Crippen LogP contribution in [-0.2, 0) is 9.53 Å². The Morgan fingerprint density at radius 2 is 1.31 bits per heavy atom. The molecule has 0 spiro atoms. The molecule has 0 radical (unpaired) electrons. The Labute approximate surface area is 150 Å². The number of hydrogen-bond donors (Lipinski definition) is 1. The first kappa shape index (κ1) is 11.7. The van der Waals surface area contributed by atoms with E-state index < -0.39 is 11.0 Å². The lowest BCUT2D eigenvalue weighted by Gasteiger charge is -2.39. The second-order valence-electron chi connectivity index (χ2n) is 12.3. The van der Waals surface area contributed by atoms with Gasteiger partial charge in [0.2, 0.25) is 0 Å². The van der Waals surface area contributed by atoms with Crippen LogP contribution in [0.2, 0.25) is 0 Å². The number of carbonyl (C=O) groups excluding carboxylic acids is 1. The fourth-order valence-electron chi connectivity index (χ4n) is 15.1. The van der Waals surface area contributed by atoms with Gasteiger partial charge in [-0.1, -0.05) is 0 Å². The summed E-state index contributed by atoms with van der Waals surface area (Å²) in [6, 6.07) is 2.89. The maximum Gasteiger partial charge on any atom is 0.309 e. The number of rotatable bonds is 0. The zero-order chi connectivity index (χ0) is 16.4. The maximum absolute atomic E-state index is 13.3. The van der Waals surface area contributed by atoms with Crippen LogP contribution < -0.4 is 0 Å². The molecule has 16 atom stereocenters. The van der Waals surface area contributed by atoms with Gasteiger partial charge in [0, 0.05) is 11.8 Å². The van der Waals surface area contributed by atoms with Crippen molar-refractivity contribution in [1.82, 2.24) is 0 Å². The van der Waals surface area contributed by atoms with Crippen molar-refractivity contribution in [2.24, 2.45) is 106 Å². The van der Waals surface area contributed by atoms with Crippen LogP contribution >= 0.6 is 0 Å². The largest absolute Gasteiger partial charge is 0.462 e. The van der Waals surface area contributed by atoms with Crippen molar-refractivity contribution in [3.8, 4) is 6.07 Å². The Balaban J connectivity index is 1.43. The SMILES string of the molecule is N#CC12C3C4C5C6C(=O)OC7C8C5C3C3C8C5C7C7C6C4C1C7C5C32O. The van der Waals surface area contributed by atoms with E-state index >= 15 is 0 Å². The van der Waals surface area contributed by atoms with Gasteiger partial charge in [-0.2, -0.15) is 5.26 Å². The first-order valence-corrected chi connectivity index (χ1v) is 11.0. The van der Waals surface area contributed by atoms with Gasteiger partial charge in [-0.25, -0.2) is 0 Å². The highest BCUT2D eigenvalue weighted by molar-refractivity contribution is 5.77. The zero-order valence-corrected chi connectivity index (χ0v) is 14.1. The molecule has 2 bridgehead atoms. The van der Waals surface area contributed by atoms with Crippen molar-refractivity contribution >= 4 is 5.97 Å². The van der Waals surface area contributed by atoms with Gasteiger partial charge in [-0.3, -0.25) is 4.79 Å². The average molecular weight is 345 g/mol. The summed E-state index contributed by atoms with van der Waals surface area (Å²) in [7, 11) is 0. The van der Waals surface area contributed by atoms with Crippen LogP contribution in [0.15, 0.2) is 0 Å². The van der Waals surface area contributed by atoms with E-state index in [0.717, 1.165) is 0 Å². The highest BCUT2D eigenvalue weighted by Crippen LogP contribution is 3.01. The summed E-state index contributed by atoms with van der Waals surface area (Å²) in [5.74, 6) is 8.57. The molecule has 1 N–H and O–H groups in total. The molecule has 12 rings (SSSR count). The molecule has 12 fully saturated rings.